The molecule has 0 amide bonds. The number of unbranched alkanes of at least 4 members (excludes halogenated alkanes) is 3. The Labute approximate surface area is 115 Å². The number of hydrogen-bond acceptors (Lipinski definition) is 1. The summed E-state index contributed by atoms with van der Waals surface area (Å²) in [6.45, 7) is 4.35. The minimum Gasteiger partial charge on any atom is -0.312 e. The highest BCUT2D eigenvalue weighted by Crippen LogP contribution is 2.37. The van der Waals surface area contributed by atoms with Crippen molar-refractivity contribution in [1.82, 2.24) is 5.32 Å². The van der Waals surface area contributed by atoms with Gasteiger partial charge in [0, 0.05) is 12.1 Å². The fraction of sp³-hybridized carbons (Fsp3) is 1.00. The van der Waals surface area contributed by atoms with E-state index in [1.165, 1.54) is 25.7 Å². The van der Waals surface area contributed by atoms with Crippen molar-refractivity contribution in [2.45, 2.75) is 89.9 Å². The summed E-state index contributed by atoms with van der Waals surface area (Å²) in [4.78, 5) is 0. The minimum absolute atomic E-state index is 0.291. The summed E-state index contributed by atoms with van der Waals surface area (Å²) in [6, 6.07) is 0.726. The van der Waals surface area contributed by atoms with Gasteiger partial charge in [-0.1, -0.05) is 32.6 Å². The molecule has 114 valence electrons. The van der Waals surface area contributed by atoms with Crippen LogP contribution < -0.4 is 5.32 Å². The minimum atomic E-state index is -3.99. The molecule has 0 saturated heterocycles. The van der Waals surface area contributed by atoms with Crippen LogP contribution in [0, 0.1) is 5.92 Å². The van der Waals surface area contributed by atoms with Gasteiger partial charge in [-0.05, 0) is 39.0 Å². The van der Waals surface area contributed by atoms with Crippen LogP contribution in [0.5, 0.6) is 0 Å². The Morgan fingerprint density at radius 1 is 1.05 bits per heavy atom. The Morgan fingerprint density at radius 3 is 2.21 bits per heavy atom. The second-order valence-corrected chi connectivity index (χ2v) is 6.01. The van der Waals surface area contributed by atoms with Crippen LogP contribution in [0.2, 0.25) is 0 Å². The molecule has 1 N–H and O–H groups in total. The number of rotatable bonds is 7. The van der Waals surface area contributed by atoms with Gasteiger partial charge >= 0.3 is 6.18 Å². The van der Waals surface area contributed by atoms with E-state index in [1.54, 1.807) is 0 Å². The predicted molar refractivity (Wildman–Crippen MR) is 73.2 cm³/mol. The first kappa shape index (κ1) is 16.8. The fourth-order valence-corrected chi connectivity index (χ4v) is 2.95. The molecule has 1 nitrogen and oxygen atoms in total. The first-order valence-corrected chi connectivity index (χ1v) is 7.76. The molecular weight excluding hydrogens is 251 g/mol. The lowest BCUT2D eigenvalue weighted by molar-refractivity contribution is -0.182. The molecule has 0 aliphatic heterocycles. The van der Waals surface area contributed by atoms with Crippen LogP contribution in [0.4, 0.5) is 13.2 Å². The number of halogens is 3. The Bertz CT molecular complexity index is 232. The number of alkyl halides is 3. The average molecular weight is 279 g/mol. The van der Waals surface area contributed by atoms with Crippen LogP contribution in [0.15, 0.2) is 0 Å². The second-order valence-electron chi connectivity index (χ2n) is 6.01. The lowest BCUT2D eigenvalue weighted by Gasteiger charge is -2.32. The van der Waals surface area contributed by atoms with E-state index >= 15 is 0 Å². The van der Waals surface area contributed by atoms with Gasteiger partial charge in [-0.15, -0.1) is 0 Å². The summed E-state index contributed by atoms with van der Waals surface area (Å²) in [5, 5.41) is 3.50. The summed E-state index contributed by atoms with van der Waals surface area (Å²) in [7, 11) is 0. The quantitative estimate of drug-likeness (QED) is 0.643. The van der Waals surface area contributed by atoms with E-state index in [1.807, 2.05) is 0 Å². The van der Waals surface area contributed by atoms with Crippen LogP contribution in [0.3, 0.4) is 0 Å². The molecule has 1 fully saturated rings. The largest absolute Gasteiger partial charge is 0.391 e. The molecule has 0 aromatic carbocycles. The maximum atomic E-state index is 12.5. The zero-order valence-electron chi connectivity index (χ0n) is 12.2. The smallest absolute Gasteiger partial charge is 0.312 e. The van der Waals surface area contributed by atoms with Gasteiger partial charge in [-0.2, -0.15) is 13.2 Å². The van der Waals surface area contributed by atoms with Gasteiger partial charge in [0.15, 0.2) is 0 Å². The third-order valence-electron chi connectivity index (χ3n) is 4.20. The van der Waals surface area contributed by atoms with Crippen LogP contribution in [-0.2, 0) is 0 Å². The maximum absolute atomic E-state index is 12.5. The van der Waals surface area contributed by atoms with Crippen LogP contribution >= 0.6 is 0 Å². The topological polar surface area (TPSA) is 12.0 Å². The average Bonchev–Trinajstić information content (AvgIpc) is 2.34. The summed E-state index contributed by atoms with van der Waals surface area (Å²) < 4.78 is 37.6. The van der Waals surface area contributed by atoms with Crippen molar-refractivity contribution < 1.29 is 13.2 Å². The van der Waals surface area contributed by atoms with Gasteiger partial charge in [-0.3, -0.25) is 0 Å². The summed E-state index contributed by atoms with van der Waals surface area (Å²) in [5.74, 6) is -1.06. The van der Waals surface area contributed by atoms with E-state index in [9.17, 15) is 13.2 Å². The number of hydrogen-bond donors (Lipinski definition) is 1. The Morgan fingerprint density at radius 2 is 1.68 bits per heavy atom. The highest BCUT2D eigenvalue weighted by Gasteiger charge is 2.41. The molecule has 4 heteroatoms. The molecule has 1 saturated carbocycles. The van der Waals surface area contributed by atoms with E-state index in [0.29, 0.717) is 37.8 Å². The van der Waals surface area contributed by atoms with E-state index in [2.05, 4.69) is 19.2 Å². The molecule has 0 aromatic heterocycles. The van der Waals surface area contributed by atoms with Crippen molar-refractivity contribution >= 4 is 0 Å². The molecule has 0 bridgehead atoms. The fourth-order valence-electron chi connectivity index (χ4n) is 2.95. The number of nitrogens with one attached hydrogen (secondary N) is 1. The molecule has 1 aliphatic carbocycles. The molecule has 0 radical (unpaired) electrons. The van der Waals surface area contributed by atoms with Gasteiger partial charge in [0.25, 0.3) is 0 Å². The van der Waals surface area contributed by atoms with Gasteiger partial charge in [0.1, 0.15) is 0 Å². The Balaban J connectivity index is 2.14. The normalized spacial score (nSPS) is 26.4. The monoisotopic (exact) mass is 279 g/mol. The zero-order valence-corrected chi connectivity index (χ0v) is 12.2. The summed E-state index contributed by atoms with van der Waals surface area (Å²) in [5.41, 5.74) is 0. The Kier molecular flexibility index (Phi) is 7.19. The standard InChI is InChI=1S/C15H28F3N/c1-3-4-5-6-7-12(2)19-14-10-8-13(9-11-14)15(16,17)18/h12-14,19H,3-11H2,1-2H3. The highest BCUT2D eigenvalue weighted by atomic mass is 19.4. The van der Waals surface area contributed by atoms with Crippen LogP contribution in [0.25, 0.3) is 0 Å². The van der Waals surface area contributed by atoms with Gasteiger partial charge in [-0.25, -0.2) is 0 Å². The predicted octanol–water partition coefficient (Wildman–Crippen LogP) is 5.06. The lowest BCUT2D eigenvalue weighted by Crippen LogP contribution is -2.41. The third-order valence-corrected chi connectivity index (χ3v) is 4.20. The molecule has 1 atom stereocenters. The molecule has 0 heterocycles. The molecule has 1 unspecified atom stereocenters. The maximum Gasteiger partial charge on any atom is 0.391 e. The van der Waals surface area contributed by atoms with Crippen molar-refractivity contribution in [3.8, 4) is 0 Å². The Hall–Kier alpha value is -0.250. The van der Waals surface area contributed by atoms with Crippen molar-refractivity contribution in [3.05, 3.63) is 0 Å². The highest BCUT2D eigenvalue weighted by molar-refractivity contribution is 4.82. The van der Waals surface area contributed by atoms with E-state index in [-0.39, 0.29) is 0 Å². The van der Waals surface area contributed by atoms with Crippen LogP contribution in [-0.4, -0.2) is 18.3 Å². The summed E-state index contributed by atoms with van der Waals surface area (Å²) in [6.07, 6.45) is 4.09. The lowest BCUT2D eigenvalue weighted by atomic mass is 9.85. The van der Waals surface area contributed by atoms with Gasteiger partial charge < -0.3 is 5.32 Å². The zero-order chi connectivity index (χ0) is 14.3. The molecule has 0 spiro atoms. The summed E-state index contributed by atoms with van der Waals surface area (Å²) >= 11 is 0. The van der Waals surface area contributed by atoms with Crippen molar-refractivity contribution in [2.24, 2.45) is 5.92 Å². The molecule has 0 aromatic rings. The first-order chi connectivity index (χ1) is 8.93. The van der Waals surface area contributed by atoms with E-state index in [0.717, 1.165) is 6.42 Å². The van der Waals surface area contributed by atoms with Gasteiger partial charge in [0.05, 0.1) is 5.92 Å². The first-order valence-electron chi connectivity index (χ1n) is 7.76. The third kappa shape index (κ3) is 6.64. The van der Waals surface area contributed by atoms with E-state index in [4.69, 9.17) is 0 Å². The van der Waals surface area contributed by atoms with E-state index < -0.39 is 12.1 Å². The van der Waals surface area contributed by atoms with Crippen molar-refractivity contribution in [1.29, 1.82) is 0 Å². The van der Waals surface area contributed by atoms with Crippen molar-refractivity contribution in [2.75, 3.05) is 0 Å². The molecular formula is C15H28F3N. The molecule has 1 aliphatic rings. The van der Waals surface area contributed by atoms with Crippen LogP contribution in [0.1, 0.15) is 71.6 Å². The second kappa shape index (κ2) is 8.13. The SMILES string of the molecule is CCCCCCC(C)NC1CCC(C(F)(F)F)CC1. The van der Waals surface area contributed by atoms with Crippen molar-refractivity contribution in [3.63, 3.8) is 0 Å². The van der Waals surface area contributed by atoms with Gasteiger partial charge in [0.2, 0.25) is 0 Å². The molecule has 19 heavy (non-hydrogen) atoms. The molecule has 1 rings (SSSR count).